The largest absolute Gasteiger partial charge is 0.350 e. The predicted molar refractivity (Wildman–Crippen MR) is 75.9 cm³/mol. The van der Waals surface area contributed by atoms with Crippen molar-refractivity contribution < 1.29 is 4.92 Å². The van der Waals surface area contributed by atoms with Crippen LogP contribution in [0.15, 0.2) is 15.8 Å². The van der Waals surface area contributed by atoms with Crippen molar-refractivity contribution in [2.75, 3.05) is 0 Å². The molecule has 0 spiro atoms. The highest BCUT2D eigenvalue weighted by molar-refractivity contribution is 7.15. The van der Waals surface area contributed by atoms with E-state index in [9.17, 15) is 19.7 Å². The maximum atomic E-state index is 12.2. The Labute approximate surface area is 126 Å². The van der Waals surface area contributed by atoms with Gasteiger partial charge in [0.05, 0.1) is 17.7 Å². The quantitative estimate of drug-likeness (QED) is 0.593. The van der Waals surface area contributed by atoms with Gasteiger partial charge in [0.25, 0.3) is 0 Å². The average Bonchev–Trinajstić information content (AvgIpc) is 2.83. The third kappa shape index (κ3) is 3.16. The van der Waals surface area contributed by atoms with E-state index in [4.69, 9.17) is 11.6 Å². The lowest BCUT2D eigenvalue weighted by Gasteiger charge is -2.07. The Morgan fingerprint density at radius 3 is 2.67 bits per heavy atom. The molecule has 0 aliphatic heterocycles. The van der Waals surface area contributed by atoms with Gasteiger partial charge < -0.3 is 0 Å². The Morgan fingerprint density at radius 2 is 2.14 bits per heavy atom. The zero-order chi connectivity index (χ0) is 15.6. The van der Waals surface area contributed by atoms with Gasteiger partial charge in [0.15, 0.2) is 0 Å². The highest BCUT2D eigenvalue weighted by Crippen LogP contribution is 2.15. The molecule has 112 valence electrons. The van der Waals surface area contributed by atoms with Gasteiger partial charge in [0, 0.05) is 6.54 Å². The second-order valence-electron chi connectivity index (χ2n) is 4.09. The summed E-state index contributed by atoms with van der Waals surface area (Å²) in [6, 6.07) is 0. The van der Waals surface area contributed by atoms with Crippen LogP contribution >= 0.6 is 22.9 Å². The molecule has 0 saturated carbocycles. The van der Waals surface area contributed by atoms with E-state index in [0.29, 0.717) is 11.4 Å². The van der Waals surface area contributed by atoms with Crippen LogP contribution in [0, 0.1) is 10.1 Å². The van der Waals surface area contributed by atoms with Crippen LogP contribution in [-0.2, 0) is 13.1 Å². The van der Waals surface area contributed by atoms with Gasteiger partial charge in [-0.3, -0.25) is 19.5 Å². The number of halogens is 1. The van der Waals surface area contributed by atoms with Crippen molar-refractivity contribution in [3.63, 3.8) is 0 Å². The molecule has 0 atom stereocenters. The lowest BCUT2D eigenvalue weighted by atomic mass is 10.4. The van der Waals surface area contributed by atoms with Crippen molar-refractivity contribution >= 4 is 28.6 Å². The van der Waals surface area contributed by atoms with E-state index in [1.807, 2.05) is 6.92 Å². The van der Waals surface area contributed by atoms with Crippen molar-refractivity contribution in [3.8, 4) is 0 Å². The summed E-state index contributed by atoms with van der Waals surface area (Å²) >= 11 is 6.63. The maximum absolute atomic E-state index is 12.2. The van der Waals surface area contributed by atoms with E-state index in [-0.39, 0.29) is 17.6 Å². The lowest BCUT2D eigenvalue weighted by molar-refractivity contribution is -0.387. The van der Waals surface area contributed by atoms with E-state index in [0.717, 1.165) is 26.7 Å². The van der Waals surface area contributed by atoms with Gasteiger partial charge >= 0.3 is 16.9 Å². The molecule has 9 nitrogen and oxygen atoms in total. The fraction of sp³-hybridized carbons (Fsp3) is 0.400. The molecule has 2 aromatic heterocycles. The van der Waals surface area contributed by atoms with Gasteiger partial charge in [-0.15, -0.1) is 10.2 Å². The second-order valence-corrected chi connectivity index (χ2v) is 5.73. The van der Waals surface area contributed by atoms with Crippen molar-refractivity contribution in [3.05, 3.63) is 46.6 Å². The summed E-state index contributed by atoms with van der Waals surface area (Å²) in [6.07, 6.45) is 1.57. The summed E-state index contributed by atoms with van der Waals surface area (Å²) in [5.74, 6) is 0. The third-order valence-electron chi connectivity index (χ3n) is 2.62. The molecule has 0 saturated heterocycles. The number of nitro groups is 1. The van der Waals surface area contributed by atoms with Gasteiger partial charge in [-0.2, -0.15) is 0 Å². The number of nitrogens with zero attached hydrogens (tertiary/aromatic N) is 5. The fourth-order valence-electron chi connectivity index (χ4n) is 1.74. The van der Waals surface area contributed by atoms with Crippen LogP contribution in [0.5, 0.6) is 0 Å². The molecule has 0 unspecified atom stereocenters. The first-order valence-corrected chi connectivity index (χ1v) is 7.10. The minimum absolute atomic E-state index is 0.164. The second kappa shape index (κ2) is 6.14. The molecule has 0 N–H and O–H groups in total. The highest BCUT2D eigenvalue weighted by atomic mass is 35.5. The van der Waals surface area contributed by atoms with Gasteiger partial charge in [-0.25, -0.2) is 9.36 Å². The molecule has 0 bridgehead atoms. The lowest BCUT2D eigenvalue weighted by Crippen LogP contribution is -2.40. The van der Waals surface area contributed by atoms with Crippen LogP contribution in [0.1, 0.15) is 18.4 Å². The predicted octanol–water partition coefficient (Wildman–Crippen LogP) is 0.881. The first-order chi connectivity index (χ1) is 9.93. The number of hydrogen-bond acceptors (Lipinski definition) is 7. The van der Waals surface area contributed by atoms with Crippen LogP contribution in [0.4, 0.5) is 5.69 Å². The third-order valence-corrected chi connectivity index (χ3v) is 3.62. The summed E-state index contributed by atoms with van der Waals surface area (Å²) in [4.78, 5) is 34.3. The summed E-state index contributed by atoms with van der Waals surface area (Å²) in [5.41, 5.74) is -2.25. The number of aryl methyl sites for hydroxylation is 1. The van der Waals surface area contributed by atoms with Gasteiger partial charge in [0.1, 0.15) is 5.01 Å². The van der Waals surface area contributed by atoms with E-state index in [1.54, 1.807) is 0 Å². The summed E-state index contributed by atoms with van der Waals surface area (Å²) in [5, 5.41) is 18.5. The molecule has 0 amide bonds. The Bertz CT molecular complexity index is 795. The topological polar surface area (TPSA) is 113 Å². The number of aromatic nitrogens is 4. The van der Waals surface area contributed by atoms with E-state index >= 15 is 0 Å². The summed E-state index contributed by atoms with van der Waals surface area (Å²) < 4.78 is 2.07. The molecule has 2 aromatic rings. The molecule has 0 radical (unpaired) electrons. The number of rotatable bonds is 5. The fourth-order valence-corrected chi connectivity index (χ4v) is 2.59. The normalized spacial score (nSPS) is 10.8. The van der Waals surface area contributed by atoms with Crippen molar-refractivity contribution in [1.29, 1.82) is 0 Å². The van der Waals surface area contributed by atoms with Crippen LogP contribution in [-0.4, -0.2) is 24.3 Å². The first kappa shape index (κ1) is 15.3. The molecule has 2 rings (SSSR count). The maximum Gasteiger partial charge on any atom is 0.350 e. The number of hydrogen-bond donors (Lipinski definition) is 0. The van der Waals surface area contributed by atoms with Crippen LogP contribution in [0.3, 0.4) is 0 Å². The zero-order valence-corrected chi connectivity index (χ0v) is 12.4. The Kier molecular flexibility index (Phi) is 4.48. The molecular weight excluding hydrogens is 322 g/mol. The van der Waals surface area contributed by atoms with Crippen molar-refractivity contribution in [2.45, 2.75) is 26.4 Å². The smallest absolute Gasteiger partial charge is 0.293 e. The molecule has 0 aromatic carbocycles. The zero-order valence-electron chi connectivity index (χ0n) is 10.9. The van der Waals surface area contributed by atoms with Crippen molar-refractivity contribution in [2.24, 2.45) is 0 Å². The van der Waals surface area contributed by atoms with E-state index in [1.165, 1.54) is 0 Å². The molecule has 2 heterocycles. The molecule has 11 heteroatoms. The van der Waals surface area contributed by atoms with E-state index in [2.05, 4.69) is 10.2 Å². The van der Waals surface area contributed by atoms with Crippen LogP contribution in [0.2, 0.25) is 4.47 Å². The average molecular weight is 332 g/mol. The van der Waals surface area contributed by atoms with Crippen LogP contribution in [0.25, 0.3) is 0 Å². The van der Waals surface area contributed by atoms with Crippen molar-refractivity contribution in [1.82, 2.24) is 19.3 Å². The first-order valence-electron chi connectivity index (χ1n) is 5.90. The minimum atomic E-state index is -0.969. The minimum Gasteiger partial charge on any atom is -0.293 e. The van der Waals surface area contributed by atoms with Gasteiger partial charge in [-0.1, -0.05) is 18.3 Å². The Hall–Kier alpha value is -2.07. The molecular formula is C10H10ClN5O4S. The Morgan fingerprint density at radius 1 is 1.43 bits per heavy atom. The molecule has 0 aliphatic rings. The van der Waals surface area contributed by atoms with Gasteiger partial charge in [0.2, 0.25) is 4.47 Å². The highest BCUT2D eigenvalue weighted by Gasteiger charge is 2.20. The Balaban J connectivity index is 2.59. The molecule has 0 aliphatic carbocycles. The molecule has 21 heavy (non-hydrogen) atoms. The summed E-state index contributed by atoms with van der Waals surface area (Å²) in [6.45, 7) is 1.89. The SMILES string of the molecule is CCCn1cc([N+](=O)[O-])c(=O)n(Cc2nnc(Cl)s2)c1=O. The monoisotopic (exact) mass is 331 g/mol. The van der Waals surface area contributed by atoms with Gasteiger partial charge in [-0.05, 0) is 18.0 Å². The van der Waals surface area contributed by atoms with E-state index < -0.39 is 21.9 Å². The summed E-state index contributed by atoms with van der Waals surface area (Å²) in [7, 11) is 0. The van der Waals surface area contributed by atoms with Crippen LogP contribution < -0.4 is 11.2 Å². The molecule has 0 fully saturated rings. The standard InChI is InChI=1S/C10H10ClN5O4S/c1-2-3-14-4-6(16(19)20)8(17)15(10(14)18)5-7-12-13-9(11)21-7/h4H,2-3,5H2,1H3.